The lowest BCUT2D eigenvalue weighted by Crippen LogP contribution is -2.35. The van der Waals surface area contributed by atoms with Crippen molar-refractivity contribution in [3.63, 3.8) is 0 Å². The van der Waals surface area contributed by atoms with E-state index in [1.165, 1.54) is 36.1 Å². The summed E-state index contributed by atoms with van der Waals surface area (Å²) in [6, 6.07) is 12.4. The number of aromatic nitrogens is 2. The Hall–Kier alpha value is -3.68. The summed E-state index contributed by atoms with van der Waals surface area (Å²) in [5.74, 6) is -1.24. The molecule has 0 radical (unpaired) electrons. The third-order valence-corrected chi connectivity index (χ3v) is 5.79. The summed E-state index contributed by atoms with van der Waals surface area (Å²) in [7, 11) is 0. The van der Waals surface area contributed by atoms with Crippen LogP contribution < -0.4 is 16.4 Å². The van der Waals surface area contributed by atoms with E-state index in [-0.39, 0.29) is 16.8 Å². The molecule has 1 aliphatic carbocycles. The molecule has 0 aliphatic heterocycles. The van der Waals surface area contributed by atoms with Crippen molar-refractivity contribution in [3.05, 3.63) is 79.9 Å². The van der Waals surface area contributed by atoms with Crippen molar-refractivity contribution < 1.29 is 14.3 Å². The predicted molar refractivity (Wildman–Crippen MR) is 119 cm³/mol. The Morgan fingerprint density at radius 2 is 1.78 bits per heavy atom. The van der Waals surface area contributed by atoms with Crippen molar-refractivity contribution in [2.45, 2.75) is 45.2 Å². The van der Waals surface area contributed by atoms with E-state index < -0.39 is 36.1 Å². The molecule has 4 rings (SSSR count). The van der Waals surface area contributed by atoms with E-state index in [1.807, 2.05) is 13.0 Å². The second kappa shape index (κ2) is 9.21. The molecule has 1 aromatic heterocycles. The molecule has 1 heterocycles. The summed E-state index contributed by atoms with van der Waals surface area (Å²) in [5.41, 5.74) is 2.71. The standard InChI is InChI=1S/C24H25N3O5/c1-15(17-11-10-16-6-2-3-7-18(16)12-17)25-21(28)14-32-22(29)13-27-24(31)20-9-5-4-8-19(20)23(30)26-27/h4-5,8-12,15H,2-3,6-7,13-14H2,1H3,(H,25,28)(H,26,30). The molecule has 0 fully saturated rings. The number of hydrogen-bond donors (Lipinski definition) is 2. The molecule has 3 aromatic rings. The minimum absolute atomic E-state index is 0.209. The number of carbonyl (C=O) groups excluding carboxylic acids is 2. The smallest absolute Gasteiger partial charge is 0.328 e. The van der Waals surface area contributed by atoms with E-state index in [2.05, 4.69) is 22.5 Å². The van der Waals surface area contributed by atoms with Crippen LogP contribution in [0.5, 0.6) is 0 Å². The highest BCUT2D eigenvalue weighted by molar-refractivity contribution is 5.82. The third kappa shape index (κ3) is 4.64. The quantitative estimate of drug-likeness (QED) is 0.576. The van der Waals surface area contributed by atoms with Crippen molar-refractivity contribution in [2.75, 3.05) is 6.61 Å². The molecule has 8 heteroatoms. The molecule has 0 saturated heterocycles. The second-order valence-electron chi connectivity index (χ2n) is 8.06. The number of H-pyrrole nitrogens is 1. The molecule has 0 bridgehead atoms. The Morgan fingerprint density at radius 3 is 2.56 bits per heavy atom. The maximum Gasteiger partial charge on any atom is 0.328 e. The number of nitrogens with one attached hydrogen (secondary N) is 2. The zero-order valence-corrected chi connectivity index (χ0v) is 17.8. The molecule has 0 spiro atoms. The number of carbonyl (C=O) groups is 2. The normalized spacial score (nSPS) is 13.9. The molecule has 1 unspecified atom stereocenters. The Labute approximate surface area is 184 Å². The molecule has 32 heavy (non-hydrogen) atoms. The number of aryl methyl sites for hydroxylation is 2. The van der Waals surface area contributed by atoms with E-state index in [4.69, 9.17) is 4.74 Å². The molecule has 1 aliphatic rings. The largest absolute Gasteiger partial charge is 0.454 e. The molecular formula is C24H25N3O5. The third-order valence-electron chi connectivity index (χ3n) is 5.79. The monoisotopic (exact) mass is 435 g/mol. The Morgan fingerprint density at radius 1 is 1.06 bits per heavy atom. The van der Waals surface area contributed by atoms with Crippen LogP contribution in [0, 0.1) is 0 Å². The molecule has 1 amide bonds. The summed E-state index contributed by atoms with van der Waals surface area (Å²) < 4.78 is 5.90. The Balaban J connectivity index is 1.34. The van der Waals surface area contributed by atoms with Crippen molar-refractivity contribution in [1.29, 1.82) is 0 Å². The van der Waals surface area contributed by atoms with Crippen molar-refractivity contribution in [1.82, 2.24) is 15.1 Å². The summed E-state index contributed by atoms with van der Waals surface area (Å²) >= 11 is 0. The molecule has 0 saturated carbocycles. The lowest BCUT2D eigenvalue weighted by Gasteiger charge is -2.20. The first-order chi connectivity index (χ1) is 15.4. The van der Waals surface area contributed by atoms with Crippen molar-refractivity contribution >= 4 is 22.6 Å². The highest BCUT2D eigenvalue weighted by Crippen LogP contribution is 2.24. The van der Waals surface area contributed by atoms with Gasteiger partial charge < -0.3 is 10.1 Å². The van der Waals surface area contributed by atoms with Gasteiger partial charge in [0.1, 0.15) is 6.54 Å². The van der Waals surface area contributed by atoms with Crippen molar-refractivity contribution in [2.24, 2.45) is 0 Å². The zero-order valence-electron chi connectivity index (χ0n) is 17.8. The van der Waals surface area contributed by atoms with Gasteiger partial charge in [0.05, 0.1) is 16.8 Å². The topological polar surface area (TPSA) is 110 Å². The lowest BCUT2D eigenvalue weighted by molar-refractivity contribution is -0.149. The van der Waals surface area contributed by atoms with E-state index >= 15 is 0 Å². The minimum atomic E-state index is -0.797. The fourth-order valence-corrected chi connectivity index (χ4v) is 4.07. The first kappa shape index (κ1) is 21.5. The molecule has 8 nitrogen and oxygen atoms in total. The summed E-state index contributed by atoms with van der Waals surface area (Å²) in [6.07, 6.45) is 4.54. The van der Waals surface area contributed by atoms with Gasteiger partial charge in [-0.25, -0.2) is 4.68 Å². The summed E-state index contributed by atoms with van der Waals surface area (Å²) in [4.78, 5) is 49.0. The number of esters is 1. The van der Waals surface area contributed by atoms with Crippen LogP contribution in [0.4, 0.5) is 0 Å². The van der Waals surface area contributed by atoms with Crippen LogP contribution in [-0.2, 0) is 33.7 Å². The Kier molecular flexibility index (Phi) is 6.20. The first-order valence-corrected chi connectivity index (χ1v) is 10.7. The lowest BCUT2D eigenvalue weighted by atomic mass is 9.89. The average molecular weight is 435 g/mol. The van der Waals surface area contributed by atoms with Gasteiger partial charge in [-0.1, -0.05) is 30.3 Å². The zero-order chi connectivity index (χ0) is 22.7. The number of amides is 1. The van der Waals surface area contributed by atoms with Crippen LogP contribution in [-0.4, -0.2) is 28.3 Å². The number of fused-ring (bicyclic) bond motifs is 2. The van der Waals surface area contributed by atoms with Crippen LogP contribution in [0.25, 0.3) is 10.8 Å². The van der Waals surface area contributed by atoms with Crippen molar-refractivity contribution in [3.8, 4) is 0 Å². The minimum Gasteiger partial charge on any atom is -0.454 e. The van der Waals surface area contributed by atoms with Gasteiger partial charge in [0.15, 0.2) is 6.61 Å². The molecule has 166 valence electrons. The molecule has 2 N–H and O–H groups in total. The molecular weight excluding hydrogens is 410 g/mol. The van der Waals surface area contributed by atoms with Gasteiger partial charge >= 0.3 is 5.97 Å². The SMILES string of the molecule is CC(NC(=O)COC(=O)Cn1[nH]c(=O)c2ccccc2c1=O)c1ccc2c(c1)CCCC2. The van der Waals surface area contributed by atoms with Gasteiger partial charge in [-0.15, -0.1) is 0 Å². The van der Waals surface area contributed by atoms with Gasteiger partial charge in [-0.2, -0.15) is 0 Å². The van der Waals surface area contributed by atoms with Gasteiger partial charge in [0.25, 0.3) is 17.0 Å². The maximum absolute atomic E-state index is 12.5. The molecule has 1 atom stereocenters. The molecule has 2 aromatic carbocycles. The van der Waals surface area contributed by atoms with E-state index in [0.29, 0.717) is 0 Å². The van der Waals surface area contributed by atoms with Crippen LogP contribution >= 0.6 is 0 Å². The van der Waals surface area contributed by atoms with Gasteiger partial charge in [0, 0.05) is 0 Å². The van der Waals surface area contributed by atoms with E-state index in [0.717, 1.165) is 23.1 Å². The number of ether oxygens (including phenoxy) is 1. The predicted octanol–water partition coefficient (Wildman–Crippen LogP) is 1.99. The average Bonchev–Trinajstić information content (AvgIpc) is 2.80. The number of rotatable bonds is 6. The summed E-state index contributed by atoms with van der Waals surface area (Å²) in [6.45, 7) is 0.914. The van der Waals surface area contributed by atoms with Gasteiger partial charge in [-0.3, -0.25) is 24.3 Å². The number of aromatic amines is 1. The van der Waals surface area contributed by atoms with Crippen LogP contribution in [0.2, 0.25) is 0 Å². The van der Waals surface area contributed by atoms with Gasteiger partial charge in [-0.05, 0) is 61.4 Å². The van der Waals surface area contributed by atoms with E-state index in [1.54, 1.807) is 12.1 Å². The van der Waals surface area contributed by atoms with E-state index in [9.17, 15) is 19.2 Å². The highest BCUT2D eigenvalue weighted by atomic mass is 16.5. The summed E-state index contributed by atoms with van der Waals surface area (Å²) in [5, 5.41) is 5.64. The highest BCUT2D eigenvalue weighted by Gasteiger charge is 2.16. The van der Waals surface area contributed by atoms with Crippen LogP contribution in [0.3, 0.4) is 0 Å². The number of benzene rings is 2. The van der Waals surface area contributed by atoms with Gasteiger partial charge in [0.2, 0.25) is 0 Å². The second-order valence-corrected chi connectivity index (χ2v) is 8.06. The fraction of sp³-hybridized carbons (Fsp3) is 0.333. The van der Waals surface area contributed by atoms with Crippen LogP contribution in [0.1, 0.15) is 42.5 Å². The number of nitrogens with zero attached hydrogens (tertiary/aromatic N) is 1. The fourth-order valence-electron chi connectivity index (χ4n) is 4.07. The number of hydrogen-bond acceptors (Lipinski definition) is 5. The maximum atomic E-state index is 12.5. The van der Waals surface area contributed by atoms with Crippen LogP contribution in [0.15, 0.2) is 52.1 Å². The Bertz CT molecular complexity index is 1290. The first-order valence-electron chi connectivity index (χ1n) is 10.7.